The number of rotatable bonds is 48. The van der Waals surface area contributed by atoms with Crippen molar-refractivity contribution in [3.63, 3.8) is 0 Å². The fourth-order valence-electron chi connectivity index (χ4n) is 9.53. The van der Waals surface area contributed by atoms with Crippen LogP contribution in [0.3, 0.4) is 0 Å². The van der Waals surface area contributed by atoms with E-state index in [0.29, 0.717) is 12.8 Å². The van der Waals surface area contributed by atoms with E-state index < -0.39 is 86.8 Å². The number of allylic oxidation sites excluding steroid dienone is 15. The summed E-state index contributed by atoms with van der Waals surface area (Å²) in [7, 11) is 0. The van der Waals surface area contributed by atoms with E-state index in [0.717, 1.165) is 83.5 Å². The zero-order valence-electron chi connectivity index (χ0n) is 48.8. The molecule has 0 bridgehead atoms. The van der Waals surface area contributed by atoms with Crippen LogP contribution in [0.2, 0.25) is 0 Å². The van der Waals surface area contributed by atoms with Crippen LogP contribution >= 0.6 is 0 Å². The molecule has 2 saturated heterocycles. The zero-order chi connectivity index (χ0) is 57.4. The van der Waals surface area contributed by atoms with Gasteiger partial charge in [0.25, 0.3) is 0 Å². The number of aliphatic hydroxyl groups excluding tert-OH is 8. The van der Waals surface area contributed by atoms with Gasteiger partial charge in [-0.1, -0.05) is 227 Å². The van der Waals surface area contributed by atoms with E-state index in [1.807, 2.05) is 6.08 Å². The first kappa shape index (κ1) is 72.0. The Bertz CT molecular complexity index is 1690. The number of hydrogen-bond acceptors (Lipinski definition) is 13. The van der Waals surface area contributed by atoms with Crippen LogP contribution in [0.25, 0.3) is 0 Å². The summed E-state index contributed by atoms with van der Waals surface area (Å²) < 4.78 is 22.7. The topological polar surface area (TPSA) is 228 Å². The summed E-state index contributed by atoms with van der Waals surface area (Å²) >= 11 is 0. The molecule has 2 aliphatic rings. The molecule has 0 aliphatic carbocycles. The fraction of sp³-hybridized carbons (Fsp3) is 0.738. The Morgan fingerprint density at radius 2 is 0.886 bits per heavy atom. The van der Waals surface area contributed by atoms with Crippen LogP contribution in [0.4, 0.5) is 0 Å². The van der Waals surface area contributed by atoms with E-state index in [2.05, 4.69) is 104 Å². The van der Waals surface area contributed by atoms with Gasteiger partial charge in [-0.3, -0.25) is 4.79 Å². The number of carbonyl (C=O) groups excluding carboxylic acids is 1. The molecule has 79 heavy (non-hydrogen) atoms. The highest BCUT2D eigenvalue weighted by molar-refractivity contribution is 5.76. The highest BCUT2D eigenvalue weighted by Crippen LogP contribution is 2.30. The molecule has 12 unspecified atom stereocenters. The van der Waals surface area contributed by atoms with Gasteiger partial charge in [0.1, 0.15) is 48.8 Å². The minimum Gasteiger partial charge on any atom is -0.394 e. The summed E-state index contributed by atoms with van der Waals surface area (Å²) in [5, 5.41) is 86.7. The zero-order valence-corrected chi connectivity index (χ0v) is 48.8. The summed E-state index contributed by atoms with van der Waals surface area (Å²) in [4.78, 5) is 13.2. The maximum atomic E-state index is 13.2. The molecule has 14 heteroatoms. The van der Waals surface area contributed by atoms with Crippen LogP contribution in [-0.4, -0.2) is 140 Å². The van der Waals surface area contributed by atoms with Crippen LogP contribution < -0.4 is 5.32 Å². The van der Waals surface area contributed by atoms with Crippen molar-refractivity contribution in [1.29, 1.82) is 0 Å². The Labute approximate surface area is 477 Å². The standard InChI is InChI=1S/C65H111NO13/c1-3-5-7-9-11-13-14-15-16-17-18-19-20-21-22-23-24-25-26-27-28-29-30-31-32-33-34-35-36-37-38-39-40-41-43-45-47-49-57(70)66-53(54(69)48-46-44-42-12-10-8-6-4-2)52-76-64-62(75)60(73)63(56(51-68)78-64)79-65-61(74)59(72)58(71)55(50-67)77-65/h5,7,10-13,15-16,18-19,21-22,24-25,46,48,53-56,58-65,67-69,71-75H,3-4,6,8-9,14,17,20,23,26-45,47,49-52H2,1-2H3,(H,66,70)/b7-5-,12-10+,13-11-,16-15-,19-18-,22-21-,25-24-,48-46+. The van der Waals surface area contributed by atoms with Crippen LogP contribution in [0, 0.1) is 0 Å². The average molecular weight is 1110 g/mol. The molecule has 9 N–H and O–H groups in total. The molecular formula is C65H111NO13. The van der Waals surface area contributed by atoms with E-state index in [4.69, 9.17) is 18.9 Å². The number of aliphatic hydroxyl groups is 8. The minimum atomic E-state index is -1.79. The van der Waals surface area contributed by atoms with Crippen molar-refractivity contribution in [2.45, 2.75) is 286 Å². The van der Waals surface area contributed by atoms with E-state index in [-0.39, 0.29) is 18.9 Å². The molecule has 0 spiro atoms. The lowest BCUT2D eigenvalue weighted by Gasteiger charge is -2.46. The van der Waals surface area contributed by atoms with Crippen molar-refractivity contribution in [3.8, 4) is 0 Å². The summed E-state index contributed by atoms with van der Waals surface area (Å²) in [5.41, 5.74) is 0. The third kappa shape index (κ3) is 34.8. The Balaban J connectivity index is 1.56. The molecule has 0 aromatic carbocycles. The van der Waals surface area contributed by atoms with Crippen molar-refractivity contribution in [2.75, 3.05) is 19.8 Å². The maximum absolute atomic E-state index is 13.2. The highest BCUT2D eigenvalue weighted by Gasteiger charge is 2.51. The summed E-state index contributed by atoms with van der Waals surface area (Å²) in [5.74, 6) is -0.255. The summed E-state index contributed by atoms with van der Waals surface area (Å²) in [6, 6.07) is -0.932. The first-order valence-electron chi connectivity index (χ1n) is 31.0. The largest absolute Gasteiger partial charge is 0.394 e. The van der Waals surface area contributed by atoms with Gasteiger partial charge in [-0.15, -0.1) is 0 Å². The quantitative estimate of drug-likeness (QED) is 0.0204. The van der Waals surface area contributed by atoms with Crippen LogP contribution in [-0.2, 0) is 23.7 Å². The number of unbranched alkanes of at least 4 members (excludes halogenated alkanes) is 21. The van der Waals surface area contributed by atoms with Crippen molar-refractivity contribution in [1.82, 2.24) is 5.32 Å². The Hall–Kier alpha value is -3.09. The molecule has 0 aromatic rings. The van der Waals surface area contributed by atoms with Gasteiger partial charge >= 0.3 is 0 Å². The second-order valence-electron chi connectivity index (χ2n) is 21.4. The third-order valence-corrected chi connectivity index (χ3v) is 14.5. The number of ether oxygens (including phenoxy) is 4. The smallest absolute Gasteiger partial charge is 0.220 e. The molecule has 14 nitrogen and oxygen atoms in total. The molecule has 0 saturated carbocycles. The predicted octanol–water partition coefficient (Wildman–Crippen LogP) is 11.1. The fourth-order valence-corrected chi connectivity index (χ4v) is 9.53. The molecule has 12 atom stereocenters. The highest BCUT2D eigenvalue weighted by atomic mass is 16.7. The second-order valence-corrected chi connectivity index (χ2v) is 21.4. The SMILES string of the molecule is CC/C=C\C/C=C\C/C=C\C/C=C\C/C=C\C/C=C\CCCCCCCCCCCCCCCCCCCCC(=O)NC(COC1OC(CO)C(OC2OC(CO)C(O)C(O)C2O)C(O)C1O)C(O)/C=C/CC/C=C/CCCC. The first-order valence-corrected chi connectivity index (χ1v) is 31.0. The molecule has 2 heterocycles. The third-order valence-electron chi connectivity index (χ3n) is 14.5. The molecule has 0 aromatic heterocycles. The monoisotopic (exact) mass is 1110 g/mol. The molecule has 2 aliphatic heterocycles. The Morgan fingerprint density at radius 3 is 1.39 bits per heavy atom. The van der Waals surface area contributed by atoms with Gasteiger partial charge in [-0.05, 0) is 77.0 Å². The lowest BCUT2D eigenvalue weighted by Crippen LogP contribution is -2.65. The maximum Gasteiger partial charge on any atom is 0.220 e. The van der Waals surface area contributed by atoms with Crippen molar-refractivity contribution in [2.24, 2.45) is 0 Å². The van der Waals surface area contributed by atoms with E-state index in [1.165, 1.54) is 96.3 Å². The average Bonchev–Trinajstić information content (AvgIpc) is 3.47. The molecule has 2 fully saturated rings. The van der Waals surface area contributed by atoms with Crippen LogP contribution in [0.1, 0.15) is 213 Å². The van der Waals surface area contributed by atoms with E-state index in [1.54, 1.807) is 6.08 Å². The normalized spacial score (nSPS) is 25.1. The second kappa shape index (κ2) is 49.5. The number of hydrogen-bond donors (Lipinski definition) is 9. The van der Waals surface area contributed by atoms with Crippen LogP contribution in [0.5, 0.6) is 0 Å². The van der Waals surface area contributed by atoms with Gasteiger partial charge in [0, 0.05) is 6.42 Å². The lowest BCUT2D eigenvalue weighted by atomic mass is 9.97. The van der Waals surface area contributed by atoms with Crippen LogP contribution in [0.15, 0.2) is 97.2 Å². The molecule has 1 amide bonds. The Morgan fingerprint density at radius 1 is 0.468 bits per heavy atom. The van der Waals surface area contributed by atoms with E-state index >= 15 is 0 Å². The first-order chi connectivity index (χ1) is 38.6. The number of amides is 1. The number of carbonyl (C=O) groups is 1. The molecular weight excluding hydrogens is 1000 g/mol. The molecule has 2 rings (SSSR count). The van der Waals surface area contributed by atoms with Gasteiger partial charge in [-0.2, -0.15) is 0 Å². The van der Waals surface area contributed by atoms with E-state index in [9.17, 15) is 45.6 Å². The van der Waals surface area contributed by atoms with Gasteiger partial charge in [0.15, 0.2) is 12.6 Å². The van der Waals surface area contributed by atoms with Crippen molar-refractivity contribution >= 4 is 5.91 Å². The number of nitrogens with one attached hydrogen (secondary N) is 1. The summed E-state index contributed by atoms with van der Waals surface area (Å²) in [6.45, 7) is 2.57. The van der Waals surface area contributed by atoms with Crippen molar-refractivity contribution < 1.29 is 64.6 Å². The van der Waals surface area contributed by atoms with Gasteiger partial charge in [0.05, 0.1) is 32.0 Å². The van der Waals surface area contributed by atoms with Gasteiger partial charge in [0.2, 0.25) is 5.91 Å². The summed E-state index contributed by atoms with van der Waals surface area (Å²) in [6.07, 6.45) is 52.3. The predicted molar refractivity (Wildman–Crippen MR) is 318 cm³/mol. The lowest BCUT2D eigenvalue weighted by molar-refractivity contribution is -0.359. The van der Waals surface area contributed by atoms with Gasteiger partial charge < -0.3 is 65.1 Å². The van der Waals surface area contributed by atoms with Crippen molar-refractivity contribution in [3.05, 3.63) is 97.2 Å². The Kier molecular flexibility index (Phi) is 45.1. The molecule has 454 valence electrons. The van der Waals surface area contributed by atoms with Gasteiger partial charge in [-0.25, -0.2) is 0 Å². The minimum absolute atomic E-state index is 0.255. The molecule has 0 radical (unpaired) electrons.